The summed E-state index contributed by atoms with van der Waals surface area (Å²) < 4.78 is 61.3. The van der Waals surface area contributed by atoms with Crippen LogP contribution in [0.25, 0.3) is 0 Å². The molecule has 0 aromatic heterocycles. The fraction of sp³-hybridized carbons (Fsp3) is 0.611. The summed E-state index contributed by atoms with van der Waals surface area (Å²) in [5.74, 6) is -1.65. The molecule has 5 atom stereocenters. The molecular weight excluding hydrogens is 1460 g/mol. The summed E-state index contributed by atoms with van der Waals surface area (Å²) in [7, 11) is -9.84. The minimum atomic E-state index is -4.96. The normalized spacial score (nSPS) is 14.9. The molecule has 0 aromatic carbocycles. The number of esters is 3. The third kappa shape index (κ3) is 86.8. The number of allylic oxidation sites excluding steroid dienone is 34. The van der Waals surface area contributed by atoms with Gasteiger partial charge in [-0.3, -0.25) is 32.5 Å². The van der Waals surface area contributed by atoms with Crippen molar-refractivity contribution in [3.8, 4) is 0 Å². The lowest BCUT2D eigenvalue weighted by atomic mass is 10.0. The zero-order chi connectivity index (χ0) is 82.2. The van der Waals surface area contributed by atoms with Gasteiger partial charge in [0.05, 0.1) is 26.4 Å². The predicted octanol–water partition coefficient (Wildman–Crippen LogP) is 26.4. The Labute approximate surface area is 686 Å². The molecule has 4 N–H and O–H groups in total. The van der Waals surface area contributed by atoms with Crippen molar-refractivity contribution in [2.75, 3.05) is 39.6 Å². The van der Waals surface area contributed by atoms with Crippen LogP contribution in [0, 0.1) is 0 Å². The third-order valence-corrected chi connectivity index (χ3v) is 19.4. The van der Waals surface area contributed by atoms with E-state index in [1.807, 2.05) is 0 Å². The summed E-state index contributed by atoms with van der Waals surface area (Å²) in [5.41, 5.74) is 0. The van der Waals surface area contributed by atoms with Gasteiger partial charge in [-0.2, -0.15) is 0 Å². The number of ether oxygens (including phenoxy) is 3. The van der Waals surface area contributed by atoms with Crippen LogP contribution < -0.4 is 0 Å². The minimum Gasteiger partial charge on any atom is -0.463 e. The minimum absolute atomic E-state index is 0.0390. The third-order valence-electron chi connectivity index (χ3n) is 17.5. The summed E-state index contributed by atoms with van der Waals surface area (Å²) in [6, 6.07) is 0. The first-order valence-corrected chi connectivity index (χ1v) is 46.4. The molecule has 0 heterocycles. The average molecular weight is 1610 g/mol. The molecular formula is C95H154O16P2. The van der Waals surface area contributed by atoms with Gasteiger partial charge in [0.15, 0.2) is 6.10 Å². The molecule has 0 rings (SSSR count). The summed E-state index contributed by atoms with van der Waals surface area (Å²) in [4.78, 5) is 58.9. The van der Waals surface area contributed by atoms with Gasteiger partial charge in [0.25, 0.3) is 0 Å². The summed E-state index contributed by atoms with van der Waals surface area (Å²) in [6.45, 7) is 2.27. The van der Waals surface area contributed by atoms with E-state index in [4.69, 9.17) is 32.3 Å². The van der Waals surface area contributed by atoms with E-state index >= 15 is 0 Å². The number of phosphoric ester groups is 2. The highest BCUT2D eigenvalue weighted by Crippen LogP contribution is 2.45. The molecule has 0 spiro atoms. The molecule has 0 saturated carbocycles. The van der Waals surface area contributed by atoms with E-state index < -0.39 is 91.5 Å². The van der Waals surface area contributed by atoms with Crippen LogP contribution in [0.15, 0.2) is 207 Å². The second-order valence-corrected chi connectivity index (χ2v) is 31.1. The van der Waals surface area contributed by atoms with E-state index in [1.54, 1.807) is 0 Å². The molecule has 0 bridgehead atoms. The zero-order valence-electron chi connectivity index (χ0n) is 70.2. The number of carbonyl (C=O) groups is 3. The maximum absolute atomic E-state index is 13.0. The Balaban J connectivity index is 4.62. The Morgan fingerprint density at radius 2 is 0.442 bits per heavy atom. The second-order valence-electron chi connectivity index (χ2n) is 28.2. The second kappa shape index (κ2) is 85.5. The summed E-state index contributed by atoms with van der Waals surface area (Å²) in [6.07, 6.45) is 114. The SMILES string of the molecule is CC/C=C\C/C=C\C/C=C\C/C=C\C/C=C\C/C=C\CCCCCCCCCCCCCCCCC(=O)OCC(O)COP(=O)(O)OCC(O)COP(=O)(O)OCC(COC(=O)CCCCCCCCC/C=C\C/C=C\C/C=C\C/C=C\C/C=C\CC)OC(=O)CCCC/C=C\C/C=C\C/C=C\C/C=C\C/C=C\C/C=C\CC. The van der Waals surface area contributed by atoms with Gasteiger partial charge >= 0.3 is 33.6 Å². The van der Waals surface area contributed by atoms with E-state index in [9.17, 15) is 43.5 Å². The Hall–Kier alpha value is -5.87. The molecule has 113 heavy (non-hydrogen) atoms. The monoisotopic (exact) mass is 1610 g/mol. The molecule has 0 aliphatic rings. The van der Waals surface area contributed by atoms with Crippen LogP contribution in [0.3, 0.4) is 0 Å². The van der Waals surface area contributed by atoms with Crippen molar-refractivity contribution in [1.82, 2.24) is 0 Å². The Morgan fingerprint density at radius 1 is 0.248 bits per heavy atom. The Morgan fingerprint density at radius 3 is 0.717 bits per heavy atom. The average Bonchev–Trinajstić information content (AvgIpc) is 0.900. The standard InChI is InChI=1S/C95H154O16P2/c1-4-7-10-13-16-19-22-25-28-31-34-37-39-40-41-42-43-44-45-46-47-48-50-53-54-57-60-63-66-69-72-75-78-81-93(98)105-84-90(96)85-107-112(101,102)108-86-91(97)87-109-113(103,104)110-89-92(111-95(100)83-80-77-74-71-68-65-62-59-56-51-36-33-30-27-24-21-18-15-12-9-6-3)88-106-94(99)82-79-76-73-70-67-64-61-58-55-52-49-38-35-32-29-26-23-20-17-14-11-8-5-2/h7-12,16-21,25-30,34-38,40-41,43-44,51-52,55,59,62,68,71,90-92,96-97H,4-6,13-15,22-24,31-33,39,42,45-50,53-54,56-58,60-61,63-67,69-70,72-89H2,1-3H3,(H,101,102)(H,103,104)/b10-7-,11-8-,12-9-,19-16-,20-17-,21-18-,28-25-,29-26-,30-27-,37-34-,38-35-,41-40-,44-43-,51-36-,55-52-,62-59-,71-68-. The molecule has 5 unspecified atom stereocenters. The molecule has 0 radical (unpaired) electrons. The zero-order valence-corrected chi connectivity index (χ0v) is 72.0. The first kappa shape index (κ1) is 107. The largest absolute Gasteiger partial charge is 0.472 e. The van der Waals surface area contributed by atoms with Gasteiger partial charge in [0, 0.05) is 19.3 Å². The number of aliphatic hydroxyl groups excluding tert-OH is 2. The molecule has 0 fully saturated rings. The number of aliphatic hydroxyl groups is 2. The summed E-state index contributed by atoms with van der Waals surface area (Å²) in [5, 5.41) is 20.7. The van der Waals surface area contributed by atoms with Gasteiger partial charge in [-0.25, -0.2) is 9.13 Å². The van der Waals surface area contributed by atoms with E-state index in [2.05, 4.69) is 227 Å². The fourth-order valence-electron chi connectivity index (χ4n) is 11.0. The molecule has 0 amide bonds. The fourth-order valence-corrected chi connectivity index (χ4v) is 12.6. The highest BCUT2D eigenvalue weighted by atomic mass is 31.2. The highest BCUT2D eigenvalue weighted by molar-refractivity contribution is 7.47. The van der Waals surface area contributed by atoms with Crippen LogP contribution in [-0.4, -0.2) is 95.9 Å². The van der Waals surface area contributed by atoms with Crippen LogP contribution in [0.4, 0.5) is 0 Å². The van der Waals surface area contributed by atoms with Gasteiger partial charge in [0.2, 0.25) is 0 Å². The van der Waals surface area contributed by atoms with Crippen molar-refractivity contribution in [3.63, 3.8) is 0 Å². The van der Waals surface area contributed by atoms with Crippen LogP contribution in [0.5, 0.6) is 0 Å². The van der Waals surface area contributed by atoms with Crippen LogP contribution in [0.1, 0.15) is 316 Å². The number of phosphoric acid groups is 2. The number of unbranched alkanes of at least 4 members (excludes halogenated alkanes) is 23. The van der Waals surface area contributed by atoms with Crippen molar-refractivity contribution in [1.29, 1.82) is 0 Å². The Bertz CT molecular complexity index is 2880. The van der Waals surface area contributed by atoms with E-state index in [1.165, 1.54) is 64.2 Å². The number of rotatable bonds is 80. The lowest BCUT2D eigenvalue weighted by Crippen LogP contribution is -2.30. The summed E-state index contributed by atoms with van der Waals surface area (Å²) >= 11 is 0. The number of hydrogen-bond donors (Lipinski definition) is 4. The van der Waals surface area contributed by atoms with Gasteiger partial charge in [0.1, 0.15) is 25.4 Å². The smallest absolute Gasteiger partial charge is 0.463 e. The van der Waals surface area contributed by atoms with Crippen molar-refractivity contribution in [3.05, 3.63) is 207 Å². The Kier molecular flexibility index (Phi) is 81.1. The number of hydrogen-bond acceptors (Lipinski definition) is 14. The van der Waals surface area contributed by atoms with Gasteiger partial charge in [-0.1, -0.05) is 337 Å². The molecule has 16 nitrogen and oxygen atoms in total. The van der Waals surface area contributed by atoms with Gasteiger partial charge in [-0.15, -0.1) is 0 Å². The molecule has 18 heteroatoms. The van der Waals surface area contributed by atoms with Crippen LogP contribution >= 0.6 is 15.6 Å². The van der Waals surface area contributed by atoms with Gasteiger partial charge in [-0.05, 0) is 167 Å². The van der Waals surface area contributed by atoms with Crippen LogP contribution in [0.2, 0.25) is 0 Å². The lowest BCUT2D eigenvalue weighted by Gasteiger charge is -2.21. The van der Waals surface area contributed by atoms with Crippen molar-refractivity contribution in [2.45, 2.75) is 334 Å². The van der Waals surface area contributed by atoms with Crippen molar-refractivity contribution in [2.24, 2.45) is 0 Å². The molecule has 640 valence electrons. The molecule has 0 aromatic rings. The molecule has 0 aliphatic carbocycles. The maximum Gasteiger partial charge on any atom is 0.472 e. The number of carbonyl (C=O) groups excluding carboxylic acids is 3. The maximum atomic E-state index is 13.0. The van der Waals surface area contributed by atoms with Crippen molar-refractivity contribution >= 4 is 33.6 Å². The highest BCUT2D eigenvalue weighted by Gasteiger charge is 2.29. The van der Waals surface area contributed by atoms with Gasteiger partial charge < -0.3 is 34.2 Å². The predicted molar refractivity (Wildman–Crippen MR) is 472 cm³/mol. The molecule has 0 saturated heterocycles. The van der Waals surface area contributed by atoms with E-state index in [0.29, 0.717) is 25.7 Å². The van der Waals surface area contributed by atoms with Crippen molar-refractivity contribution < 1.29 is 75.8 Å². The van der Waals surface area contributed by atoms with E-state index in [0.717, 1.165) is 186 Å². The molecule has 0 aliphatic heterocycles. The van der Waals surface area contributed by atoms with Crippen LogP contribution in [-0.2, 0) is 55.8 Å². The first-order valence-electron chi connectivity index (χ1n) is 43.4. The lowest BCUT2D eigenvalue weighted by molar-refractivity contribution is -0.161. The topological polar surface area (TPSA) is 231 Å². The quantitative estimate of drug-likeness (QED) is 0.0146. The first-order chi connectivity index (χ1) is 55.2. The van der Waals surface area contributed by atoms with E-state index in [-0.39, 0.29) is 19.3 Å².